The van der Waals surface area contributed by atoms with Crippen LogP contribution in [0.1, 0.15) is 39.7 Å². The maximum absolute atomic E-state index is 3.62. The van der Waals surface area contributed by atoms with Gasteiger partial charge >= 0.3 is 0 Å². The number of aryl methyl sites for hydroxylation is 1. The van der Waals surface area contributed by atoms with Gasteiger partial charge in [0.1, 0.15) is 0 Å². The third-order valence-electron chi connectivity index (χ3n) is 3.57. The fraction of sp³-hybridized carbons (Fsp3) is 0.647. The summed E-state index contributed by atoms with van der Waals surface area (Å²) >= 11 is 0. The van der Waals surface area contributed by atoms with Crippen LogP contribution in [0.2, 0.25) is 0 Å². The van der Waals surface area contributed by atoms with E-state index in [9.17, 15) is 0 Å². The Kier molecular flexibility index (Phi) is 4.73. The summed E-state index contributed by atoms with van der Waals surface area (Å²) in [6.07, 6.45) is 2.47. The van der Waals surface area contributed by atoms with Crippen molar-refractivity contribution < 1.29 is 0 Å². The van der Waals surface area contributed by atoms with Crippen molar-refractivity contribution in [2.45, 2.75) is 40.5 Å². The monoisotopic (exact) mass is 260 g/mol. The van der Waals surface area contributed by atoms with Gasteiger partial charge in [-0.25, -0.2) is 0 Å². The number of nitrogens with one attached hydrogen (secondary N) is 1. The van der Waals surface area contributed by atoms with E-state index in [-0.39, 0.29) is 0 Å². The molecule has 1 aromatic rings. The average Bonchev–Trinajstić information content (AvgIpc) is 2.36. The van der Waals surface area contributed by atoms with Gasteiger partial charge in [-0.05, 0) is 36.3 Å². The molecule has 19 heavy (non-hydrogen) atoms. The highest BCUT2D eigenvalue weighted by atomic mass is 15.1. The Hall–Kier alpha value is -1.18. The third kappa shape index (κ3) is 3.65. The Morgan fingerprint density at radius 1 is 1.11 bits per heavy atom. The first kappa shape index (κ1) is 14.2. The molecule has 1 N–H and O–H groups in total. The zero-order valence-corrected chi connectivity index (χ0v) is 12.9. The minimum Gasteiger partial charge on any atom is -0.383 e. The first-order chi connectivity index (χ1) is 9.08. The van der Waals surface area contributed by atoms with Gasteiger partial charge in [0, 0.05) is 19.6 Å². The molecule has 0 bridgehead atoms. The highest BCUT2D eigenvalue weighted by Gasteiger charge is 2.18. The first-order valence-corrected chi connectivity index (χ1v) is 7.68. The van der Waals surface area contributed by atoms with Crippen molar-refractivity contribution in [1.82, 2.24) is 0 Å². The van der Waals surface area contributed by atoms with Crippen LogP contribution in [0.3, 0.4) is 0 Å². The van der Waals surface area contributed by atoms with E-state index in [4.69, 9.17) is 0 Å². The van der Waals surface area contributed by atoms with Crippen molar-refractivity contribution in [1.29, 1.82) is 0 Å². The maximum atomic E-state index is 3.62. The largest absolute Gasteiger partial charge is 0.383 e. The predicted octanol–water partition coefficient (Wildman–Crippen LogP) is 4.16. The van der Waals surface area contributed by atoms with E-state index in [1.165, 1.54) is 29.8 Å². The molecule has 0 saturated heterocycles. The van der Waals surface area contributed by atoms with Crippen molar-refractivity contribution in [3.8, 4) is 0 Å². The van der Waals surface area contributed by atoms with Crippen molar-refractivity contribution in [2.75, 3.05) is 29.9 Å². The van der Waals surface area contributed by atoms with Gasteiger partial charge in [0.05, 0.1) is 11.4 Å². The summed E-state index contributed by atoms with van der Waals surface area (Å²) in [4.78, 5) is 2.56. The van der Waals surface area contributed by atoms with E-state index < -0.39 is 0 Å². The van der Waals surface area contributed by atoms with Crippen LogP contribution >= 0.6 is 0 Å². The molecule has 0 spiro atoms. The number of nitrogens with zero attached hydrogens (tertiary/aromatic N) is 1. The molecule has 0 aliphatic carbocycles. The van der Waals surface area contributed by atoms with Gasteiger partial charge in [0.2, 0.25) is 0 Å². The van der Waals surface area contributed by atoms with Crippen LogP contribution in [0, 0.1) is 11.8 Å². The topological polar surface area (TPSA) is 15.3 Å². The molecule has 0 atom stereocenters. The van der Waals surface area contributed by atoms with Crippen LogP contribution in [0.5, 0.6) is 0 Å². The second-order valence-electron chi connectivity index (χ2n) is 6.53. The van der Waals surface area contributed by atoms with E-state index in [1.54, 1.807) is 0 Å². The van der Waals surface area contributed by atoms with Gasteiger partial charge in [0.25, 0.3) is 0 Å². The highest BCUT2D eigenvalue weighted by Crippen LogP contribution is 2.33. The smallest absolute Gasteiger partial charge is 0.0610 e. The lowest BCUT2D eigenvalue weighted by molar-refractivity contribution is 0.552. The molecule has 1 aliphatic heterocycles. The van der Waals surface area contributed by atoms with Gasteiger partial charge < -0.3 is 10.2 Å². The van der Waals surface area contributed by atoms with Crippen LogP contribution in [-0.4, -0.2) is 19.6 Å². The number of hydrogen-bond donors (Lipinski definition) is 1. The molecule has 2 rings (SSSR count). The summed E-state index contributed by atoms with van der Waals surface area (Å²) in [5.41, 5.74) is 4.27. The molecule has 0 saturated carbocycles. The molecule has 106 valence electrons. The molecule has 0 unspecified atom stereocenters. The Morgan fingerprint density at radius 3 is 2.42 bits per heavy atom. The van der Waals surface area contributed by atoms with E-state index in [1.807, 2.05) is 0 Å². The SMILES string of the molecule is CC(C)CN(CC(C)C)c1cccc2c1NCCC2. The summed E-state index contributed by atoms with van der Waals surface area (Å²) in [6.45, 7) is 12.6. The quantitative estimate of drug-likeness (QED) is 0.855. The van der Waals surface area contributed by atoms with E-state index in [0.717, 1.165) is 19.6 Å². The van der Waals surface area contributed by atoms with Crippen LogP contribution in [-0.2, 0) is 6.42 Å². The maximum Gasteiger partial charge on any atom is 0.0610 e. The summed E-state index contributed by atoms with van der Waals surface area (Å²) < 4.78 is 0. The summed E-state index contributed by atoms with van der Waals surface area (Å²) in [5.74, 6) is 1.39. The lowest BCUT2D eigenvalue weighted by Crippen LogP contribution is -2.32. The molecular weight excluding hydrogens is 232 g/mol. The second kappa shape index (κ2) is 6.31. The molecule has 1 heterocycles. The fourth-order valence-electron chi connectivity index (χ4n) is 2.91. The molecule has 2 heteroatoms. The Balaban J connectivity index is 2.29. The summed E-state index contributed by atoms with van der Waals surface area (Å²) in [5, 5.41) is 3.62. The van der Waals surface area contributed by atoms with Crippen molar-refractivity contribution >= 4 is 11.4 Å². The third-order valence-corrected chi connectivity index (χ3v) is 3.57. The Bertz CT molecular complexity index is 400. The zero-order chi connectivity index (χ0) is 13.8. The van der Waals surface area contributed by atoms with Gasteiger partial charge in [-0.3, -0.25) is 0 Å². The second-order valence-corrected chi connectivity index (χ2v) is 6.53. The summed E-state index contributed by atoms with van der Waals surface area (Å²) in [6, 6.07) is 6.77. The van der Waals surface area contributed by atoms with Gasteiger partial charge in [0.15, 0.2) is 0 Å². The van der Waals surface area contributed by atoms with Crippen molar-refractivity contribution in [3.63, 3.8) is 0 Å². The number of benzene rings is 1. The van der Waals surface area contributed by atoms with E-state index >= 15 is 0 Å². The van der Waals surface area contributed by atoms with Crippen molar-refractivity contribution in [2.24, 2.45) is 11.8 Å². The zero-order valence-electron chi connectivity index (χ0n) is 12.9. The van der Waals surface area contributed by atoms with Gasteiger partial charge in [-0.15, -0.1) is 0 Å². The average molecular weight is 260 g/mol. The number of fused-ring (bicyclic) bond motifs is 1. The van der Waals surface area contributed by atoms with Crippen molar-refractivity contribution in [3.05, 3.63) is 23.8 Å². The molecule has 0 aromatic heterocycles. The lowest BCUT2D eigenvalue weighted by Gasteiger charge is -2.32. The molecule has 1 aromatic carbocycles. The van der Waals surface area contributed by atoms with Crippen LogP contribution in [0.4, 0.5) is 11.4 Å². The lowest BCUT2D eigenvalue weighted by atomic mass is 10.0. The minimum absolute atomic E-state index is 0.693. The Labute approximate surface area is 118 Å². The van der Waals surface area contributed by atoms with E-state index in [2.05, 4.69) is 56.1 Å². The molecular formula is C17H28N2. The minimum atomic E-state index is 0.693. The molecule has 0 fully saturated rings. The number of para-hydroxylation sites is 1. The number of hydrogen-bond acceptors (Lipinski definition) is 2. The highest BCUT2D eigenvalue weighted by molar-refractivity contribution is 5.74. The molecule has 0 amide bonds. The van der Waals surface area contributed by atoms with Crippen LogP contribution < -0.4 is 10.2 Å². The van der Waals surface area contributed by atoms with Gasteiger partial charge in [-0.1, -0.05) is 39.8 Å². The number of rotatable bonds is 5. The summed E-state index contributed by atoms with van der Waals surface area (Å²) in [7, 11) is 0. The van der Waals surface area contributed by atoms with Gasteiger partial charge in [-0.2, -0.15) is 0 Å². The first-order valence-electron chi connectivity index (χ1n) is 7.68. The molecule has 1 aliphatic rings. The Morgan fingerprint density at radius 2 is 1.79 bits per heavy atom. The standard InChI is InChI=1S/C17H28N2/c1-13(2)11-19(12-14(3)4)16-9-5-7-15-8-6-10-18-17(15)16/h5,7,9,13-14,18H,6,8,10-12H2,1-4H3. The van der Waals surface area contributed by atoms with Crippen LogP contribution in [0.25, 0.3) is 0 Å². The van der Waals surface area contributed by atoms with Crippen LogP contribution in [0.15, 0.2) is 18.2 Å². The predicted molar refractivity (Wildman–Crippen MR) is 85.1 cm³/mol. The number of anilines is 2. The molecule has 2 nitrogen and oxygen atoms in total. The fourth-order valence-corrected chi connectivity index (χ4v) is 2.91. The van der Waals surface area contributed by atoms with E-state index in [0.29, 0.717) is 11.8 Å². The normalized spacial score (nSPS) is 14.4. The molecule has 0 radical (unpaired) electrons.